The highest BCUT2D eigenvalue weighted by molar-refractivity contribution is 6.44. The number of rotatable bonds is 0. The zero-order valence-electron chi connectivity index (χ0n) is 13.9. The minimum absolute atomic E-state index is 0.984. The van der Waals surface area contributed by atoms with E-state index in [1.165, 1.54) is 64.6 Å². The summed E-state index contributed by atoms with van der Waals surface area (Å²) in [6.07, 6.45) is 5.88. The van der Waals surface area contributed by atoms with E-state index in [-0.39, 0.29) is 0 Å². The Balaban J connectivity index is 2.07. The van der Waals surface area contributed by atoms with E-state index in [2.05, 4.69) is 72.7 Å². The van der Waals surface area contributed by atoms with E-state index >= 15 is 0 Å². The highest BCUT2D eigenvalue weighted by Gasteiger charge is 2.20. The van der Waals surface area contributed by atoms with E-state index in [4.69, 9.17) is 6.42 Å². The minimum Gasteiger partial charge on any atom is -0.115 e. The predicted octanol–water partition coefficient (Wildman–Crippen LogP) is 6.90. The largest absolute Gasteiger partial charge is 0.115 e. The summed E-state index contributed by atoms with van der Waals surface area (Å²) >= 11 is 0. The van der Waals surface area contributed by atoms with Crippen molar-refractivity contribution in [3.8, 4) is 12.3 Å². The molecular weight excluding hydrogens is 312 g/mol. The van der Waals surface area contributed by atoms with Gasteiger partial charge >= 0.3 is 0 Å². The van der Waals surface area contributed by atoms with E-state index in [9.17, 15) is 0 Å². The molecular formula is C26H12. The molecule has 0 heterocycles. The maximum Gasteiger partial charge on any atom is 0.0327 e. The zero-order chi connectivity index (χ0) is 17.0. The van der Waals surface area contributed by atoms with E-state index in [0.29, 0.717) is 0 Å². The average Bonchev–Trinajstić information content (AvgIpc) is 2.71. The quantitative estimate of drug-likeness (QED) is 0.162. The lowest BCUT2D eigenvalue weighted by Gasteiger charge is -2.21. The molecule has 0 saturated heterocycles. The van der Waals surface area contributed by atoms with Crippen LogP contribution in [0.4, 0.5) is 0 Å². The van der Waals surface area contributed by atoms with Gasteiger partial charge in [0.1, 0.15) is 0 Å². The predicted molar refractivity (Wildman–Crippen MR) is 113 cm³/mol. The van der Waals surface area contributed by atoms with Crippen LogP contribution < -0.4 is 0 Å². The third-order valence-electron chi connectivity index (χ3n) is 6.16. The SMILES string of the molecule is C#Cc1cc2ccc3ccc4ccc5ccc6ccc1c1c6c5c4c3c21. The van der Waals surface area contributed by atoms with Crippen LogP contribution in [-0.2, 0) is 0 Å². The van der Waals surface area contributed by atoms with Gasteiger partial charge in [-0.15, -0.1) is 6.42 Å². The summed E-state index contributed by atoms with van der Waals surface area (Å²) in [4.78, 5) is 0. The van der Waals surface area contributed by atoms with Crippen LogP contribution in [0.5, 0.6) is 0 Å². The van der Waals surface area contributed by atoms with Gasteiger partial charge in [-0.25, -0.2) is 0 Å². The first-order valence-electron chi connectivity index (χ1n) is 8.92. The van der Waals surface area contributed by atoms with Crippen molar-refractivity contribution in [2.24, 2.45) is 0 Å². The van der Waals surface area contributed by atoms with Crippen LogP contribution >= 0.6 is 0 Å². The highest BCUT2D eigenvalue weighted by Crippen LogP contribution is 2.48. The highest BCUT2D eigenvalue weighted by atomic mass is 14.2. The molecule has 0 aliphatic rings. The molecule has 0 unspecified atom stereocenters. The van der Waals surface area contributed by atoms with Gasteiger partial charge in [-0.05, 0) is 70.7 Å². The third kappa shape index (κ3) is 1.22. The second-order valence-corrected chi connectivity index (χ2v) is 7.31. The van der Waals surface area contributed by atoms with E-state index in [1.807, 2.05) is 0 Å². The fourth-order valence-electron chi connectivity index (χ4n) is 5.11. The van der Waals surface area contributed by atoms with Crippen LogP contribution in [0.2, 0.25) is 0 Å². The Morgan fingerprint density at radius 1 is 0.462 bits per heavy atom. The van der Waals surface area contributed by atoms with Crippen molar-refractivity contribution < 1.29 is 0 Å². The average molecular weight is 324 g/mol. The first kappa shape index (κ1) is 12.8. The van der Waals surface area contributed by atoms with E-state index < -0.39 is 0 Å². The molecule has 0 saturated carbocycles. The maximum absolute atomic E-state index is 5.88. The smallest absolute Gasteiger partial charge is 0.0327 e. The summed E-state index contributed by atoms with van der Waals surface area (Å²) in [5, 5.41) is 15.8. The van der Waals surface area contributed by atoms with Crippen LogP contribution in [-0.4, -0.2) is 0 Å². The number of terminal acetylenes is 1. The Kier molecular flexibility index (Phi) is 1.95. The summed E-state index contributed by atoms with van der Waals surface area (Å²) in [6, 6.07) is 24.5. The molecule has 0 nitrogen and oxygen atoms in total. The Labute approximate surface area is 149 Å². The van der Waals surface area contributed by atoms with Gasteiger partial charge in [0.15, 0.2) is 0 Å². The van der Waals surface area contributed by atoms with Gasteiger partial charge in [-0.3, -0.25) is 0 Å². The normalized spacial score (nSPS) is 12.6. The second kappa shape index (κ2) is 3.98. The summed E-state index contributed by atoms with van der Waals surface area (Å²) in [7, 11) is 0. The summed E-state index contributed by atoms with van der Waals surface area (Å²) < 4.78 is 0. The monoisotopic (exact) mass is 324 g/mol. The first-order chi connectivity index (χ1) is 12.8. The van der Waals surface area contributed by atoms with Crippen LogP contribution in [0, 0.1) is 12.3 Å². The topological polar surface area (TPSA) is 0 Å². The second-order valence-electron chi connectivity index (χ2n) is 7.31. The fraction of sp³-hybridized carbons (Fsp3) is 0. The van der Waals surface area contributed by atoms with Crippen molar-refractivity contribution >= 4 is 64.6 Å². The molecule has 26 heavy (non-hydrogen) atoms. The van der Waals surface area contributed by atoms with Gasteiger partial charge in [0.25, 0.3) is 0 Å². The van der Waals surface area contributed by atoms with Crippen molar-refractivity contribution in [1.82, 2.24) is 0 Å². The Hall–Kier alpha value is -3.56. The molecule has 0 heteroatoms. The molecule has 0 aliphatic carbocycles. The molecule has 0 aromatic heterocycles. The molecule has 0 fully saturated rings. The van der Waals surface area contributed by atoms with Crippen molar-refractivity contribution in [2.75, 3.05) is 0 Å². The van der Waals surface area contributed by atoms with Gasteiger partial charge in [-0.1, -0.05) is 66.6 Å². The number of hydrogen-bond acceptors (Lipinski definition) is 0. The van der Waals surface area contributed by atoms with Crippen LogP contribution in [0.25, 0.3) is 64.6 Å². The van der Waals surface area contributed by atoms with E-state index in [0.717, 1.165) is 5.56 Å². The summed E-state index contributed by atoms with van der Waals surface area (Å²) in [5.41, 5.74) is 0.984. The Bertz CT molecular complexity index is 1620. The summed E-state index contributed by atoms with van der Waals surface area (Å²) in [6.45, 7) is 0. The fourth-order valence-corrected chi connectivity index (χ4v) is 5.11. The minimum atomic E-state index is 0.984. The van der Waals surface area contributed by atoms with Crippen molar-refractivity contribution in [2.45, 2.75) is 0 Å². The molecule has 116 valence electrons. The molecule has 0 spiro atoms. The van der Waals surface area contributed by atoms with Gasteiger partial charge in [0.05, 0.1) is 0 Å². The van der Waals surface area contributed by atoms with Crippen molar-refractivity contribution in [3.05, 3.63) is 72.3 Å². The van der Waals surface area contributed by atoms with Gasteiger partial charge in [0, 0.05) is 5.56 Å². The molecule has 0 bridgehead atoms. The maximum atomic E-state index is 5.88. The molecule has 0 N–H and O–H groups in total. The first-order valence-corrected chi connectivity index (χ1v) is 8.92. The molecule has 7 rings (SSSR count). The zero-order valence-corrected chi connectivity index (χ0v) is 13.9. The lowest BCUT2D eigenvalue weighted by Crippen LogP contribution is -1.93. The number of benzene rings is 7. The lowest BCUT2D eigenvalue weighted by molar-refractivity contribution is 1.77. The van der Waals surface area contributed by atoms with Gasteiger partial charge in [0.2, 0.25) is 0 Å². The standard InChI is InChI=1S/C26H12/c1-2-14-13-19-10-9-17-6-4-15-3-5-16-7-8-18-11-12-20(14)26-24(18)22(16)21(15)23(17)25(19)26/h1,3-13H. The Morgan fingerprint density at radius 3 is 1.35 bits per heavy atom. The van der Waals surface area contributed by atoms with Crippen molar-refractivity contribution in [3.63, 3.8) is 0 Å². The van der Waals surface area contributed by atoms with Crippen LogP contribution in [0.3, 0.4) is 0 Å². The molecule has 7 aromatic rings. The van der Waals surface area contributed by atoms with Crippen LogP contribution in [0.15, 0.2) is 66.7 Å². The van der Waals surface area contributed by atoms with Crippen molar-refractivity contribution in [1.29, 1.82) is 0 Å². The molecule has 7 aromatic carbocycles. The number of hydrogen-bond donors (Lipinski definition) is 0. The molecule has 0 amide bonds. The summed E-state index contributed by atoms with van der Waals surface area (Å²) in [5.74, 6) is 2.92. The van der Waals surface area contributed by atoms with Gasteiger partial charge in [-0.2, -0.15) is 0 Å². The molecule has 0 radical (unpaired) electrons. The molecule has 0 atom stereocenters. The van der Waals surface area contributed by atoms with Crippen LogP contribution in [0.1, 0.15) is 5.56 Å². The Morgan fingerprint density at radius 2 is 0.846 bits per heavy atom. The molecule has 0 aliphatic heterocycles. The lowest BCUT2D eigenvalue weighted by atomic mass is 9.82. The van der Waals surface area contributed by atoms with E-state index in [1.54, 1.807) is 0 Å². The van der Waals surface area contributed by atoms with Gasteiger partial charge < -0.3 is 0 Å². The third-order valence-corrected chi connectivity index (χ3v) is 6.16.